The number of carboxylic acids is 1. The van der Waals surface area contributed by atoms with Crippen molar-refractivity contribution < 1.29 is 52.4 Å². The van der Waals surface area contributed by atoms with Crippen LogP contribution in [0.15, 0.2) is 177 Å². The van der Waals surface area contributed by atoms with Crippen LogP contribution in [-0.4, -0.2) is 87.5 Å². The van der Waals surface area contributed by atoms with Crippen LogP contribution in [0.4, 0.5) is 11.4 Å². The van der Waals surface area contributed by atoms with E-state index in [2.05, 4.69) is 187 Å². The van der Waals surface area contributed by atoms with E-state index in [1.54, 1.807) is 12.1 Å². The van der Waals surface area contributed by atoms with Crippen LogP contribution in [0.5, 0.6) is 23.0 Å². The molecule has 0 aromatic heterocycles. The minimum atomic E-state index is -1.08. The first kappa shape index (κ1) is 76.8. The van der Waals surface area contributed by atoms with E-state index >= 15 is 0 Å². The summed E-state index contributed by atoms with van der Waals surface area (Å²) in [4.78, 5) is 48.7. The summed E-state index contributed by atoms with van der Waals surface area (Å²) in [6, 6.07) is 47.7. The molecule has 3 aliphatic heterocycles. The summed E-state index contributed by atoms with van der Waals surface area (Å²) < 4.78 is 41.7. The maximum atomic E-state index is 11.9. The fourth-order valence-corrected chi connectivity index (χ4v) is 14.6. The van der Waals surface area contributed by atoms with Gasteiger partial charge in [0, 0.05) is 119 Å². The Morgan fingerprint density at radius 1 is 0.515 bits per heavy atom. The average Bonchev–Trinajstić information content (AvgIpc) is 0.738. The van der Waals surface area contributed by atoms with Gasteiger partial charge in [-0.3, -0.25) is 0 Å². The van der Waals surface area contributed by atoms with Gasteiger partial charge in [0.1, 0.15) is 48.4 Å². The monoisotopic (exact) mass is 1690 g/mol. The number of carbonyl (C=O) groups excluding carboxylic acids is 4. The first-order chi connectivity index (χ1) is 45.0. The van der Waals surface area contributed by atoms with Crippen molar-refractivity contribution in [2.24, 2.45) is 0 Å². The summed E-state index contributed by atoms with van der Waals surface area (Å²) >= 11 is 22.2. The number of anilines is 2. The lowest BCUT2D eigenvalue weighted by atomic mass is 9.69. The highest BCUT2D eigenvalue weighted by Gasteiger charge is 2.41. The molecule has 20 heteroatoms. The van der Waals surface area contributed by atoms with Gasteiger partial charge in [-0.1, -0.05) is 99.0 Å². The second-order valence-electron chi connectivity index (χ2n) is 23.4. The quantitative estimate of drug-likeness (QED) is 0.0612. The minimum Gasteiger partial charge on any atom is -0.550 e. The number of halogens is 6. The predicted molar refractivity (Wildman–Crippen MR) is 408 cm³/mol. The highest BCUT2D eigenvalue weighted by atomic mass is 79.9. The zero-order valence-electron chi connectivity index (χ0n) is 54.5. The van der Waals surface area contributed by atoms with Crippen LogP contribution in [-0.2, 0) is 24.4 Å². The Morgan fingerprint density at radius 2 is 0.918 bits per heavy atom. The van der Waals surface area contributed by atoms with Gasteiger partial charge in [-0.25, -0.2) is 19.0 Å². The lowest BCUT2D eigenvalue weighted by Gasteiger charge is -2.39. The third-order valence-electron chi connectivity index (χ3n) is 16.5. The van der Waals surface area contributed by atoms with Gasteiger partial charge in [-0.15, -0.1) is 0 Å². The van der Waals surface area contributed by atoms with E-state index in [4.69, 9.17) is 38.0 Å². The second kappa shape index (κ2) is 31.9. The molecule has 1 aliphatic carbocycles. The highest BCUT2D eigenvalue weighted by molar-refractivity contribution is 9.11. The van der Waals surface area contributed by atoms with E-state index in [9.17, 15) is 14.4 Å². The fourth-order valence-electron chi connectivity index (χ4n) is 11.5. The number of rotatable bonds is 8. The van der Waals surface area contributed by atoms with Gasteiger partial charge in [0.25, 0.3) is 0 Å². The van der Waals surface area contributed by atoms with Crippen molar-refractivity contribution in [3.63, 3.8) is 0 Å². The zero-order valence-corrected chi connectivity index (χ0v) is 64.0. The molecule has 506 valence electrons. The maximum absolute atomic E-state index is 11.9. The van der Waals surface area contributed by atoms with Crippen LogP contribution in [0.2, 0.25) is 0 Å². The molecule has 0 fully saturated rings. The number of hydrogen-bond donors (Lipinski definition) is 0. The van der Waals surface area contributed by atoms with E-state index in [0.29, 0.717) is 16.7 Å². The molecule has 0 saturated carbocycles. The Morgan fingerprint density at radius 3 is 1.42 bits per heavy atom. The molecular weight excluding hydrogens is 1620 g/mol. The van der Waals surface area contributed by atoms with Crippen LogP contribution in [0.3, 0.4) is 0 Å². The van der Waals surface area contributed by atoms with E-state index < -0.39 is 11.4 Å². The first-order valence-corrected chi connectivity index (χ1v) is 34.3. The number of methoxy groups -OCH3 is 3. The third-order valence-corrected chi connectivity index (χ3v) is 20.9. The van der Waals surface area contributed by atoms with Crippen molar-refractivity contribution in [3.05, 3.63) is 245 Å². The number of ether oxygens (including phenoxy) is 5. The van der Waals surface area contributed by atoms with Gasteiger partial charge in [-0.2, -0.15) is 0 Å². The zero-order chi connectivity index (χ0) is 69.2. The van der Waals surface area contributed by atoms with Crippen LogP contribution in [0, 0.1) is 20.8 Å². The number of nitrogens with zero attached hydrogens (tertiary/aromatic N) is 3. The number of benzene rings is 9. The summed E-state index contributed by atoms with van der Waals surface area (Å²) in [5, 5.41) is 10.9. The van der Waals surface area contributed by atoms with Crippen molar-refractivity contribution in [1.29, 1.82) is 0 Å². The van der Waals surface area contributed by atoms with Crippen molar-refractivity contribution in [1.82, 2.24) is 4.58 Å². The summed E-state index contributed by atoms with van der Waals surface area (Å²) in [7, 11) is 16.2. The van der Waals surface area contributed by atoms with Crippen LogP contribution in [0.1, 0.15) is 116 Å². The van der Waals surface area contributed by atoms with Gasteiger partial charge in [0.2, 0.25) is 5.36 Å². The van der Waals surface area contributed by atoms with Crippen molar-refractivity contribution in [2.45, 2.75) is 60.8 Å². The number of esters is 3. The molecule has 3 heterocycles. The van der Waals surface area contributed by atoms with Crippen molar-refractivity contribution in [3.8, 4) is 45.4 Å². The molecule has 0 bridgehead atoms. The molecule has 8 aromatic carbocycles. The number of fused-ring (bicyclic) bond motifs is 6. The molecule has 0 radical (unpaired) electrons. The SMILES string of the molecule is C.C.CC(=O)[O-].COC(=O)c1ccc(-c2c3cc(Br)c(=[N+](C)C)cc-3oc3cc(C)c(Br)cc23)cc1.COC(=O)c1ccc(C2(C)c3cc(Br)c(C)cc3Oc3cc(N(C)C)c(Br)cc32)cc1.COC(=O)c1ccc(C2c3cc(Br)c(C)cc3Oc3cc(N(C)C)c(Br)cc32)cc1. The smallest absolute Gasteiger partial charge is 0.337 e. The molecule has 97 heavy (non-hydrogen) atoms. The Kier molecular flexibility index (Phi) is 25.3. The lowest BCUT2D eigenvalue weighted by Crippen LogP contribution is -2.30. The maximum Gasteiger partial charge on any atom is 0.337 e. The molecule has 8 aromatic rings. The molecule has 0 amide bonds. The molecule has 0 saturated heterocycles. The van der Waals surface area contributed by atoms with Crippen molar-refractivity contribution in [2.75, 3.05) is 73.4 Å². The van der Waals surface area contributed by atoms with Crippen LogP contribution >= 0.6 is 95.6 Å². The molecule has 2 unspecified atom stereocenters. The largest absolute Gasteiger partial charge is 0.550 e. The first-order valence-electron chi connectivity index (χ1n) is 29.6. The molecular formula is C77H75Br6N3O11. The standard InChI is InChI=1S/C25H23Br2NO3.C24H21Br2NO3.C24H20Br2NO3.C2H4O2.2CH4/c1-14-10-22-17(11-19(14)26)25(2,16-8-6-15(7-9-16)24(29)30-5)18-12-20(27)21(28(3)4)13-23(18)31-22;2*1-13-9-21-16(10-18(13)25)23(14-5-7-15(8-6-14)24(28)29-4)17-11-19(26)20(27(2)3)12-22(17)30-21;1-2(3)4;;/h6-13H,1-5H3;5-12,23H,1-4H3;5-12H,1-4H3;1H3,(H,3,4);2*1H4/q;;+1;;;/p-1. The van der Waals surface area contributed by atoms with Gasteiger partial charge in [-0.05, 0) is 207 Å². The predicted octanol–water partition coefficient (Wildman–Crippen LogP) is 19.4. The Bertz CT molecular complexity index is 4700. The van der Waals surface area contributed by atoms with Gasteiger partial charge in [0.15, 0.2) is 0 Å². The highest BCUT2D eigenvalue weighted by Crippen LogP contribution is 2.55. The molecule has 4 aliphatic rings. The minimum absolute atomic E-state index is 0. The topological polar surface area (TPSA) is 160 Å². The molecule has 12 rings (SSSR count). The Balaban J connectivity index is 0.000000197. The van der Waals surface area contributed by atoms with Gasteiger partial charge < -0.3 is 47.8 Å². The number of aryl methyl sites for hydroxylation is 3. The summed E-state index contributed by atoms with van der Waals surface area (Å²) in [6.45, 7) is 9.32. The van der Waals surface area contributed by atoms with Gasteiger partial charge in [0.05, 0.1) is 59.9 Å². The van der Waals surface area contributed by atoms with E-state index in [1.165, 1.54) is 21.3 Å². The molecule has 0 spiro atoms. The second-order valence-corrected chi connectivity index (χ2v) is 28.6. The summed E-state index contributed by atoms with van der Waals surface area (Å²) in [5.41, 5.74) is 16.7. The van der Waals surface area contributed by atoms with Crippen LogP contribution < -0.4 is 34.3 Å². The fraction of sp³-hybridized carbons (Fsp3) is 0.234. The van der Waals surface area contributed by atoms with Crippen LogP contribution in [0.25, 0.3) is 33.4 Å². The third kappa shape index (κ3) is 16.1. The lowest BCUT2D eigenvalue weighted by molar-refractivity contribution is -0.302. The Hall–Kier alpha value is -7.59. The van der Waals surface area contributed by atoms with E-state index in [1.807, 2.05) is 127 Å². The average molecular weight is 1700 g/mol. The van der Waals surface area contributed by atoms with Gasteiger partial charge >= 0.3 is 17.9 Å². The Labute approximate surface area is 617 Å². The number of carboxylic acid groups (broad SMARTS) is 1. The number of hydrogen-bond acceptors (Lipinski definition) is 13. The van der Waals surface area contributed by atoms with E-state index in [-0.39, 0.29) is 38.7 Å². The normalized spacial score (nSPS) is 13.5. The summed E-state index contributed by atoms with van der Waals surface area (Å²) in [5.74, 6) is 1.97. The number of carbonyl (C=O) groups is 4. The molecule has 0 N–H and O–H groups in total. The number of aliphatic carboxylic acids is 1. The molecule has 2 atom stereocenters. The van der Waals surface area contributed by atoms with Crippen molar-refractivity contribution >= 4 is 142 Å². The molecule has 14 nitrogen and oxygen atoms in total. The summed E-state index contributed by atoms with van der Waals surface area (Å²) in [6.07, 6.45) is 0. The van der Waals surface area contributed by atoms with E-state index in [0.717, 1.165) is 157 Å².